The number of amides is 5. The molecule has 75 heavy (non-hydrogen) atoms. The summed E-state index contributed by atoms with van der Waals surface area (Å²) >= 11 is 0. The van der Waals surface area contributed by atoms with E-state index in [2.05, 4.69) is 31.9 Å². The quantitative estimate of drug-likeness (QED) is 0.112. The highest BCUT2D eigenvalue weighted by molar-refractivity contribution is 5.95. The summed E-state index contributed by atoms with van der Waals surface area (Å²) in [5, 5.41) is 17.3. The number of carbonyl (C=O) groups is 6. The molecule has 6 aliphatic rings. The Morgan fingerprint density at radius 1 is 0.600 bits per heavy atom. The van der Waals surface area contributed by atoms with Crippen molar-refractivity contribution in [3.05, 3.63) is 88.7 Å². The predicted molar refractivity (Wildman–Crippen MR) is 281 cm³/mol. The minimum atomic E-state index is -0.602. The SMILES string of the molecule is CC(C)(C)OC(=O)N1CCC2(CC(=O)C2)C1.CNC(=O)c1ccc(N)cc1F.CNC(=O)c1ccc(NC2CC3(CCN(C(=O)OC(C)(C)C)C3)C2)cc1F.CNC(=O)c1ccc(NC2CC3(CCNC3)C2)cc1F. The molecule has 3 heterocycles. The number of halogens is 3. The molecule has 3 spiro atoms. The summed E-state index contributed by atoms with van der Waals surface area (Å²) in [5.74, 6) is -2.58. The van der Waals surface area contributed by atoms with Crippen LogP contribution in [0, 0.1) is 33.7 Å². The van der Waals surface area contributed by atoms with E-state index >= 15 is 0 Å². The van der Waals surface area contributed by atoms with Crippen molar-refractivity contribution in [1.29, 1.82) is 0 Å². The van der Waals surface area contributed by atoms with Crippen LogP contribution in [-0.2, 0) is 14.3 Å². The van der Waals surface area contributed by atoms with Gasteiger partial charge < -0.3 is 56.9 Å². The Morgan fingerprint density at radius 2 is 1.00 bits per heavy atom. The number of ketones is 1. The van der Waals surface area contributed by atoms with Gasteiger partial charge in [0.15, 0.2) is 0 Å². The van der Waals surface area contributed by atoms with Crippen molar-refractivity contribution in [1.82, 2.24) is 31.1 Å². The van der Waals surface area contributed by atoms with Crippen molar-refractivity contribution < 1.29 is 51.4 Å². The number of rotatable bonds is 7. The average molecular weight is 1050 g/mol. The van der Waals surface area contributed by atoms with E-state index in [-0.39, 0.29) is 45.7 Å². The van der Waals surface area contributed by atoms with Gasteiger partial charge in [0.2, 0.25) is 0 Å². The lowest BCUT2D eigenvalue weighted by Gasteiger charge is -2.45. The monoisotopic (exact) mass is 1050 g/mol. The van der Waals surface area contributed by atoms with Crippen LogP contribution in [0.4, 0.5) is 39.8 Å². The van der Waals surface area contributed by atoms with E-state index in [1.54, 1.807) is 21.9 Å². The zero-order valence-corrected chi connectivity index (χ0v) is 44.8. The molecular formula is C55H76F3N9O8. The molecule has 3 saturated heterocycles. The van der Waals surface area contributed by atoms with Crippen molar-refractivity contribution in [2.24, 2.45) is 16.2 Å². The van der Waals surface area contributed by atoms with Crippen LogP contribution in [0.15, 0.2) is 54.6 Å². The van der Waals surface area contributed by atoms with Crippen molar-refractivity contribution in [2.75, 3.05) is 76.8 Å². The van der Waals surface area contributed by atoms with Gasteiger partial charge in [-0.2, -0.15) is 0 Å². The van der Waals surface area contributed by atoms with E-state index in [0.717, 1.165) is 76.5 Å². The largest absolute Gasteiger partial charge is 0.444 e. The third-order valence-electron chi connectivity index (χ3n) is 14.5. The second kappa shape index (κ2) is 23.5. The number of likely N-dealkylation sites (tertiary alicyclic amines) is 2. The van der Waals surface area contributed by atoms with Crippen LogP contribution in [0.5, 0.6) is 0 Å². The fourth-order valence-corrected chi connectivity index (χ4v) is 10.7. The number of nitrogens with zero attached hydrogens (tertiary/aromatic N) is 2. The van der Waals surface area contributed by atoms with Gasteiger partial charge in [0.25, 0.3) is 17.7 Å². The van der Waals surface area contributed by atoms with Crippen LogP contribution in [0.3, 0.4) is 0 Å². The number of hydrogen-bond donors (Lipinski definition) is 7. The standard InChI is InChI=1S/C20H28FN3O3.C15H20FN3O.C12H19NO3.C8H9FN2O/c1-19(2,3)27-18(26)24-8-7-20(12-24)10-14(11-20)23-13-5-6-15(16(21)9-13)17(25)22-4;1-17-14(20)12-3-2-10(6-13(12)16)19-11-7-15(8-11)4-5-18-9-15;1-11(2,3)16-10(15)13-5-4-12(8-13)6-9(14)7-12;1-11-8(12)6-3-2-5(10)4-7(6)9/h5-6,9,14,23H,7-8,10-12H2,1-4H3,(H,22,25);2-3,6,11,18-19H,4-5,7-9H2,1H3,(H,17,20);4-8H2,1-3H3;2-4H,10H2,1H3,(H,11,12). The van der Waals surface area contributed by atoms with Crippen LogP contribution >= 0.6 is 0 Å². The molecule has 0 bridgehead atoms. The Balaban J connectivity index is 0.000000169. The molecule has 0 radical (unpaired) electrons. The molecule has 3 aliphatic heterocycles. The molecule has 20 heteroatoms. The van der Waals surface area contributed by atoms with Gasteiger partial charge >= 0.3 is 12.2 Å². The Labute approximate surface area is 438 Å². The maximum absolute atomic E-state index is 14.1. The zero-order chi connectivity index (χ0) is 55.1. The first-order valence-corrected chi connectivity index (χ1v) is 25.7. The third-order valence-corrected chi connectivity index (χ3v) is 14.5. The molecule has 0 unspecified atom stereocenters. The molecule has 5 amide bonds. The Morgan fingerprint density at radius 3 is 1.37 bits per heavy atom. The van der Waals surface area contributed by atoms with E-state index in [1.807, 2.05) is 41.5 Å². The first-order chi connectivity index (χ1) is 35.2. The number of nitrogens with one attached hydrogen (secondary N) is 6. The number of hydrogen-bond acceptors (Lipinski definition) is 12. The highest BCUT2D eigenvalue weighted by atomic mass is 19.1. The lowest BCUT2D eigenvalue weighted by atomic mass is 9.65. The van der Waals surface area contributed by atoms with Crippen LogP contribution in [0.25, 0.3) is 0 Å². The lowest BCUT2D eigenvalue weighted by Crippen LogP contribution is -2.47. The van der Waals surface area contributed by atoms with Crippen molar-refractivity contribution in [3.8, 4) is 0 Å². The highest BCUT2D eigenvalue weighted by Gasteiger charge is 2.51. The molecule has 6 fully saturated rings. The minimum absolute atomic E-state index is 0.00620. The Hall–Kier alpha value is -6.57. The highest BCUT2D eigenvalue weighted by Crippen LogP contribution is 2.50. The zero-order valence-electron chi connectivity index (χ0n) is 44.8. The van der Waals surface area contributed by atoms with E-state index in [0.29, 0.717) is 54.5 Å². The van der Waals surface area contributed by atoms with Gasteiger partial charge in [0.1, 0.15) is 34.4 Å². The third kappa shape index (κ3) is 15.3. The summed E-state index contributed by atoms with van der Waals surface area (Å²) in [4.78, 5) is 72.5. The van der Waals surface area contributed by atoms with Crippen LogP contribution in [0.2, 0.25) is 0 Å². The lowest BCUT2D eigenvalue weighted by molar-refractivity contribution is -0.132. The predicted octanol–water partition coefficient (Wildman–Crippen LogP) is 7.87. The minimum Gasteiger partial charge on any atom is -0.444 e. The van der Waals surface area contributed by atoms with Crippen molar-refractivity contribution in [2.45, 2.75) is 123 Å². The number of ether oxygens (including phenoxy) is 2. The second-order valence-corrected chi connectivity index (χ2v) is 23.0. The number of carbonyl (C=O) groups excluding carboxylic acids is 6. The molecule has 3 aromatic rings. The molecule has 410 valence electrons. The average Bonchev–Trinajstić information content (AvgIpc) is 4.09. The van der Waals surface area contributed by atoms with Gasteiger partial charge in [-0.05, 0) is 158 Å². The topological polar surface area (TPSA) is 226 Å². The Kier molecular flexibility index (Phi) is 18.1. The van der Waals surface area contributed by atoms with Crippen LogP contribution in [0.1, 0.15) is 130 Å². The van der Waals surface area contributed by atoms with Crippen LogP contribution in [-0.4, -0.2) is 129 Å². The van der Waals surface area contributed by atoms with Gasteiger partial charge in [-0.15, -0.1) is 0 Å². The summed E-state index contributed by atoms with van der Waals surface area (Å²) in [7, 11) is 4.42. The second-order valence-electron chi connectivity index (χ2n) is 23.0. The summed E-state index contributed by atoms with van der Waals surface area (Å²) in [6, 6.07) is 13.9. The molecule has 17 nitrogen and oxygen atoms in total. The van der Waals surface area contributed by atoms with Gasteiger partial charge in [-0.1, -0.05) is 0 Å². The maximum atomic E-state index is 14.1. The van der Waals surface area contributed by atoms with Gasteiger partial charge in [0, 0.05) is 101 Å². The first-order valence-electron chi connectivity index (χ1n) is 25.7. The van der Waals surface area contributed by atoms with Crippen molar-refractivity contribution >= 4 is 52.8 Å². The van der Waals surface area contributed by atoms with E-state index in [1.165, 1.54) is 64.0 Å². The van der Waals surface area contributed by atoms with Gasteiger partial charge in [-0.25, -0.2) is 22.8 Å². The van der Waals surface area contributed by atoms with E-state index < -0.39 is 46.4 Å². The normalized spacial score (nSPS) is 22.9. The molecule has 8 N–H and O–H groups in total. The number of nitrogens with two attached hydrogens (primary N) is 1. The fraction of sp³-hybridized carbons (Fsp3) is 0.564. The summed E-state index contributed by atoms with van der Waals surface area (Å²) in [6.07, 6.45) is 8.10. The molecule has 3 aromatic carbocycles. The Bertz CT molecular complexity index is 2570. The molecule has 9 rings (SSSR count). The van der Waals surface area contributed by atoms with E-state index in [4.69, 9.17) is 15.2 Å². The summed E-state index contributed by atoms with van der Waals surface area (Å²) in [5.41, 5.74) is 6.92. The van der Waals surface area contributed by atoms with E-state index in [9.17, 15) is 41.9 Å². The molecule has 0 atom stereocenters. The van der Waals surface area contributed by atoms with Gasteiger partial charge in [0.05, 0.1) is 16.7 Å². The summed E-state index contributed by atoms with van der Waals surface area (Å²) < 4.78 is 51.6. The maximum Gasteiger partial charge on any atom is 0.410 e. The first kappa shape index (κ1) is 57.7. The van der Waals surface area contributed by atoms with Gasteiger partial charge in [-0.3, -0.25) is 19.2 Å². The molecule has 0 aromatic heterocycles. The molecule has 3 saturated carbocycles. The number of nitrogen functional groups attached to an aromatic ring is 1. The fourth-order valence-electron chi connectivity index (χ4n) is 10.7. The number of Topliss-reactive ketones (excluding diaryl/α,β-unsaturated/α-hetero) is 1. The molecule has 3 aliphatic carbocycles. The summed E-state index contributed by atoms with van der Waals surface area (Å²) in [6.45, 7) is 16.3. The van der Waals surface area contributed by atoms with Crippen molar-refractivity contribution in [3.63, 3.8) is 0 Å². The number of benzene rings is 3. The molecular weight excluding hydrogens is 972 g/mol. The smallest absolute Gasteiger partial charge is 0.410 e. The van der Waals surface area contributed by atoms with Crippen LogP contribution < -0.4 is 37.6 Å². The number of anilines is 3.